The van der Waals surface area contributed by atoms with Gasteiger partial charge in [-0.1, -0.05) is 12.1 Å². The molecule has 156 valence electrons. The van der Waals surface area contributed by atoms with Gasteiger partial charge < -0.3 is 4.98 Å². The number of rotatable bonds is 3. The number of sulfonamides is 1. The van der Waals surface area contributed by atoms with E-state index in [1.54, 1.807) is 32.3 Å². The van der Waals surface area contributed by atoms with Crippen LogP contribution < -0.4 is 5.69 Å². The maximum absolute atomic E-state index is 13.2. The summed E-state index contributed by atoms with van der Waals surface area (Å²) in [6.07, 6.45) is 1.43. The molecule has 1 saturated heterocycles. The van der Waals surface area contributed by atoms with Crippen molar-refractivity contribution in [3.8, 4) is 0 Å². The highest BCUT2D eigenvalue weighted by Crippen LogP contribution is 2.31. The Morgan fingerprint density at radius 2 is 1.70 bits per heavy atom. The first-order valence-corrected chi connectivity index (χ1v) is 11.4. The maximum Gasteiger partial charge on any atom is 0.328 e. The molecule has 4 aromatic rings. The molecule has 0 unspecified atom stereocenters. The molecular formula is C21H23N5O3S. The van der Waals surface area contributed by atoms with Crippen molar-refractivity contribution >= 4 is 32.1 Å². The van der Waals surface area contributed by atoms with Crippen LogP contribution in [0.15, 0.2) is 52.2 Å². The van der Waals surface area contributed by atoms with Crippen LogP contribution >= 0.6 is 0 Å². The number of fused-ring (bicyclic) bond motifs is 2. The first-order chi connectivity index (χ1) is 14.4. The lowest BCUT2D eigenvalue weighted by molar-refractivity contribution is 0.314. The summed E-state index contributed by atoms with van der Waals surface area (Å²) in [5, 5.41) is 0. The Kier molecular flexibility index (Phi) is 4.33. The van der Waals surface area contributed by atoms with Crippen LogP contribution in [0.2, 0.25) is 0 Å². The minimum absolute atomic E-state index is 0.175. The van der Waals surface area contributed by atoms with Crippen LogP contribution in [0.1, 0.15) is 24.6 Å². The van der Waals surface area contributed by atoms with E-state index in [4.69, 9.17) is 0 Å². The number of aromatic amines is 1. The summed E-state index contributed by atoms with van der Waals surface area (Å²) in [6, 6.07) is 12.8. The number of aromatic nitrogens is 4. The molecule has 30 heavy (non-hydrogen) atoms. The van der Waals surface area contributed by atoms with Gasteiger partial charge in [-0.3, -0.25) is 9.13 Å². The fourth-order valence-electron chi connectivity index (χ4n) is 4.33. The van der Waals surface area contributed by atoms with Gasteiger partial charge in [0, 0.05) is 33.1 Å². The lowest BCUT2D eigenvalue weighted by Gasteiger charge is -2.30. The molecule has 5 rings (SSSR count). The van der Waals surface area contributed by atoms with Crippen LogP contribution in [0.4, 0.5) is 0 Å². The van der Waals surface area contributed by atoms with Gasteiger partial charge in [-0.25, -0.2) is 18.2 Å². The number of nitrogens with one attached hydrogen (secondary N) is 1. The van der Waals surface area contributed by atoms with Gasteiger partial charge in [-0.2, -0.15) is 4.31 Å². The molecule has 0 bridgehead atoms. The third-order valence-corrected chi connectivity index (χ3v) is 8.02. The van der Waals surface area contributed by atoms with Crippen molar-refractivity contribution in [3.05, 3.63) is 58.8 Å². The second kappa shape index (κ2) is 6.82. The predicted molar refractivity (Wildman–Crippen MR) is 115 cm³/mol. The summed E-state index contributed by atoms with van der Waals surface area (Å²) in [7, 11) is -0.291. The molecule has 1 aliphatic heterocycles. The van der Waals surface area contributed by atoms with E-state index in [9.17, 15) is 13.2 Å². The van der Waals surface area contributed by atoms with E-state index in [0.717, 1.165) is 16.9 Å². The standard InChI is InChI=1S/C21H23N5O3S/c1-24-18-8-7-15(13-19(18)25(2)21(24)27)30(28,29)26-11-9-14(10-12-26)20-22-16-5-3-4-6-17(16)23-20/h3-8,13-14H,9-12H2,1-2H3,(H,22,23). The third-order valence-electron chi connectivity index (χ3n) is 6.13. The molecule has 0 spiro atoms. The van der Waals surface area contributed by atoms with E-state index in [2.05, 4.69) is 9.97 Å². The third kappa shape index (κ3) is 2.88. The first kappa shape index (κ1) is 19.1. The zero-order chi connectivity index (χ0) is 21.0. The van der Waals surface area contributed by atoms with Gasteiger partial charge in [0.05, 0.1) is 27.0 Å². The minimum atomic E-state index is -3.63. The lowest BCUT2D eigenvalue weighted by Crippen LogP contribution is -2.38. The van der Waals surface area contributed by atoms with Gasteiger partial charge in [0.15, 0.2) is 0 Å². The number of benzene rings is 2. The number of nitrogens with zero attached hydrogens (tertiary/aromatic N) is 4. The summed E-state index contributed by atoms with van der Waals surface area (Å²) in [5.41, 5.74) is 3.09. The topological polar surface area (TPSA) is 93.0 Å². The van der Waals surface area contributed by atoms with E-state index >= 15 is 0 Å². The molecule has 1 fully saturated rings. The molecule has 9 heteroatoms. The van der Waals surface area contributed by atoms with Crippen LogP contribution in [-0.2, 0) is 24.1 Å². The Hall–Kier alpha value is -2.91. The Labute approximate surface area is 173 Å². The Bertz CT molecular complexity index is 1390. The molecule has 2 aromatic heterocycles. The summed E-state index contributed by atoms with van der Waals surface area (Å²) < 4.78 is 31.0. The van der Waals surface area contributed by atoms with Crippen molar-refractivity contribution in [2.24, 2.45) is 14.1 Å². The lowest BCUT2D eigenvalue weighted by atomic mass is 9.97. The fourth-order valence-corrected chi connectivity index (χ4v) is 5.82. The largest absolute Gasteiger partial charge is 0.342 e. The molecule has 1 aliphatic rings. The molecule has 3 heterocycles. The van der Waals surface area contributed by atoms with Crippen LogP contribution in [-0.4, -0.2) is 44.9 Å². The van der Waals surface area contributed by atoms with Crippen molar-refractivity contribution in [2.45, 2.75) is 23.7 Å². The highest BCUT2D eigenvalue weighted by molar-refractivity contribution is 7.89. The first-order valence-electron chi connectivity index (χ1n) is 9.96. The molecule has 0 amide bonds. The van der Waals surface area contributed by atoms with Gasteiger partial charge in [0.2, 0.25) is 10.0 Å². The van der Waals surface area contributed by atoms with Gasteiger partial charge in [-0.05, 0) is 43.2 Å². The van der Waals surface area contributed by atoms with Gasteiger partial charge in [0.1, 0.15) is 5.82 Å². The summed E-state index contributed by atoms with van der Waals surface area (Å²) in [4.78, 5) is 20.4. The Morgan fingerprint density at radius 3 is 2.43 bits per heavy atom. The van der Waals surface area contributed by atoms with E-state index in [-0.39, 0.29) is 16.5 Å². The number of hydrogen-bond acceptors (Lipinski definition) is 4. The van der Waals surface area contributed by atoms with Crippen molar-refractivity contribution in [2.75, 3.05) is 13.1 Å². The van der Waals surface area contributed by atoms with Crippen molar-refractivity contribution in [1.29, 1.82) is 0 Å². The molecule has 0 aliphatic carbocycles. The van der Waals surface area contributed by atoms with Crippen LogP contribution in [0.25, 0.3) is 22.1 Å². The maximum atomic E-state index is 13.2. The average Bonchev–Trinajstić information content (AvgIpc) is 3.29. The molecular weight excluding hydrogens is 402 g/mol. The number of para-hydroxylation sites is 2. The zero-order valence-electron chi connectivity index (χ0n) is 16.9. The summed E-state index contributed by atoms with van der Waals surface area (Å²) >= 11 is 0. The van der Waals surface area contributed by atoms with Crippen LogP contribution in [0, 0.1) is 0 Å². The number of piperidine rings is 1. The molecule has 0 saturated carbocycles. The average molecular weight is 426 g/mol. The Balaban J connectivity index is 1.39. The second-order valence-electron chi connectivity index (χ2n) is 7.87. The molecule has 0 atom stereocenters. The SMILES string of the molecule is Cn1c(=O)n(C)c2cc(S(=O)(=O)N3CCC(c4nc5ccccc5[nH]4)CC3)ccc21. The quantitative estimate of drug-likeness (QED) is 0.545. The van der Waals surface area contributed by atoms with Gasteiger partial charge in [-0.15, -0.1) is 0 Å². The number of imidazole rings is 2. The number of aryl methyl sites for hydroxylation is 2. The second-order valence-corrected chi connectivity index (χ2v) is 9.81. The molecule has 1 N–H and O–H groups in total. The van der Waals surface area contributed by atoms with Crippen LogP contribution in [0.3, 0.4) is 0 Å². The summed E-state index contributed by atoms with van der Waals surface area (Å²) in [6.45, 7) is 0.881. The van der Waals surface area contributed by atoms with Gasteiger partial charge >= 0.3 is 5.69 Å². The van der Waals surface area contributed by atoms with Gasteiger partial charge in [0.25, 0.3) is 0 Å². The smallest absolute Gasteiger partial charge is 0.328 e. The molecule has 0 radical (unpaired) electrons. The van der Waals surface area contributed by atoms with E-state index in [1.807, 2.05) is 24.3 Å². The number of hydrogen-bond donors (Lipinski definition) is 1. The van der Waals surface area contributed by atoms with E-state index in [0.29, 0.717) is 37.0 Å². The van der Waals surface area contributed by atoms with Crippen LogP contribution in [0.5, 0.6) is 0 Å². The van der Waals surface area contributed by atoms with E-state index < -0.39 is 10.0 Å². The molecule has 8 nitrogen and oxygen atoms in total. The summed E-state index contributed by atoms with van der Waals surface area (Å²) in [5.74, 6) is 1.13. The monoisotopic (exact) mass is 425 g/mol. The minimum Gasteiger partial charge on any atom is -0.342 e. The van der Waals surface area contributed by atoms with Crippen molar-refractivity contribution in [1.82, 2.24) is 23.4 Å². The normalized spacial score (nSPS) is 16.6. The van der Waals surface area contributed by atoms with Crippen molar-refractivity contribution < 1.29 is 8.42 Å². The Morgan fingerprint density at radius 1 is 1.00 bits per heavy atom. The highest BCUT2D eigenvalue weighted by atomic mass is 32.2. The highest BCUT2D eigenvalue weighted by Gasteiger charge is 2.31. The van der Waals surface area contributed by atoms with E-state index in [1.165, 1.54) is 13.4 Å². The van der Waals surface area contributed by atoms with Crippen molar-refractivity contribution in [3.63, 3.8) is 0 Å². The predicted octanol–water partition coefficient (Wildman–Crippen LogP) is 2.32. The molecule has 2 aromatic carbocycles. The zero-order valence-corrected chi connectivity index (χ0v) is 17.7. The number of H-pyrrole nitrogens is 1. The fraction of sp³-hybridized carbons (Fsp3) is 0.333.